The van der Waals surface area contributed by atoms with E-state index in [1.165, 1.54) is 5.56 Å². The number of ketones is 1. The predicted molar refractivity (Wildman–Crippen MR) is 61.3 cm³/mol. The van der Waals surface area contributed by atoms with Crippen molar-refractivity contribution in [3.63, 3.8) is 0 Å². The molecule has 3 rings (SSSR count). The van der Waals surface area contributed by atoms with Gasteiger partial charge in [0, 0.05) is 25.2 Å². The number of carbonyl (C=O) groups is 1. The normalized spacial score (nSPS) is 24.6. The Kier molecular flexibility index (Phi) is 2.48. The number of aromatic nitrogens is 1. The zero-order valence-electron chi connectivity index (χ0n) is 9.28. The fraction of sp³-hybridized carbons (Fsp3) is 0.538. The highest BCUT2D eigenvalue weighted by Gasteiger charge is 2.34. The Hall–Kier alpha value is -1.22. The first-order chi connectivity index (χ1) is 7.86. The molecule has 1 N–H and O–H groups in total. The monoisotopic (exact) mass is 216 g/mol. The number of aryl methyl sites for hydroxylation is 1. The molecule has 3 nitrogen and oxygen atoms in total. The Balaban J connectivity index is 1.89. The number of hydrogen-bond donors (Lipinski definition) is 1. The number of hydrogen-bond acceptors (Lipinski definition) is 3. The highest BCUT2D eigenvalue weighted by molar-refractivity contribution is 5.89. The smallest absolute Gasteiger partial charge is 0.147 e. The molecule has 0 spiro atoms. The molecule has 1 aromatic rings. The van der Waals surface area contributed by atoms with E-state index in [4.69, 9.17) is 0 Å². The zero-order chi connectivity index (χ0) is 11.0. The van der Waals surface area contributed by atoms with Gasteiger partial charge < -0.3 is 5.32 Å². The summed E-state index contributed by atoms with van der Waals surface area (Å²) in [6, 6.07) is 4.08. The summed E-state index contributed by atoms with van der Waals surface area (Å²) in [5.41, 5.74) is 2.32. The maximum atomic E-state index is 12.3. The van der Waals surface area contributed by atoms with Gasteiger partial charge in [-0.3, -0.25) is 9.78 Å². The molecule has 84 valence electrons. The van der Waals surface area contributed by atoms with Crippen LogP contribution in [0.2, 0.25) is 0 Å². The van der Waals surface area contributed by atoms with E-state index in [9.17, 15) is 4.79 Å². The van der Waals surface area contributed by atoms with Crippen LogP contribution in [0.4, 0.5) is 0 Å². The zero-order valence-corrected chi connectivity index (χ0v) is 9.28. The molecule has 1 fully saturated rings. The Morgan fingerprint density at radius 2 is 2.31 bits per heavy atom. The van der Waals surface area contributed by atoms with Crippen molar-refractivity contribution >= 4 is 5.78 Å². The molecule has 1 aliphatic carbocycles. The fourth-order valence-electron chi connectivity index (χ4n) is 2.66. The summed E-state index contributed by atoms with van der Waals surface area (Å²) >= 11 is 0. The number of Topliss-reactive ketones (excluding diaryl/α,β-unsaturated/α-hetero) is 1. The van der Waals surface area contributed by atoms with Crippen molar-refractivity contribution in [1.82, 2.24) is 10.3 Å². The first-order valence-corrected chi connectivity index (χ1v) is 6.04. The van der Waals surface area contributed by atoms with Crippen LogP contribution >= 0.6 is 0 Å². The summed E-state index contributed by atoms with van der Waals surface area (Å²) < 4.78 is 0. The highest BCUT2D eigenvalue weighted by Crippen LogP contribution is 2.32. The van der Waals surface area contributed by atoms with Gasteiger partial charge in [0.25, 0.3) is 0 Å². The van der Waals surface area contributed by atoms with Gasteiger partial charge in [0.2, 0.25) is 0 Å². The molecule has 1 atom stereocenters. The first kappa shape index (κ1) is 9.97. The van der Waals surface area contributed by atoms with Crippen LogP contribution in [0.25, 0.3) is 0 Å². The number of pyridine rings is 1. The topological polar surface area (TPSA) is 42.0 Å². The fourth-order valence-corrected chi connectivity index (χ4v) is 2.66. The number of carbonyl (C=O) groups excluding carboxylic acids is 1. The third-order valence-corrected chi connectivity index (χ3v) is 3.72. The van der Waals surface area contributed by atoms with E-state index in [1.807, 2.05) is 12.3 Å². The quantitative estimate of drug-likeness (QED) is 0.810. The van der Waals surface area contributed by atoms with Gasteiger partial charge in [-0.15, -0.1) is 0 Å². The Bertz CT molecular complexity index is 412. The molecule has 0 bridgehead atoms. The Morgan fingerprint density at radius 1 is 1.44 bits per heavy atom. The van der Waals surface area contributed by atoms with Gasteiger partial charge in [-0.05, 0) is 30.9 Å². The van der Waals surface area contributed by atoms with E-state index >= 15 is 0 Å². The number of fused-ring (bicyclic) bond motifs is 1. The number of nitrogens with one attached hydrogen (secondary N) is 1. The van der Waals surface area contributed by atoms with Crippen molar-refractivity contribution in [2.75, 3.05) is 13.1 Å². The van der Waals surface area contributed by atoms with Crippen molar-refractivity contribution in [2.45, 2.75) is 25.2 Å². The van der Waals surface area contributed by atoms with Crippen LogP contribution in [0.15, 0.2) is 18.3 Å². The van der Waals surface area contributed by atoms with Gasteiger partial charge >= 0.3 is 0 Å². The van der Waals surface area contributed by atoms with Crippen LogP contribution in [0.3, 0.4) is 0 Å². The summed E-state index contributed by atoms with van der Waals surface area (Å²) in [4.78, 5) is 16.7. The SMILES string of the molecule is O=C(C1CNC1)C1CCCc2cccnc21. The van der Waals surface area contributed by atoms with Crippen molar-refractivity contribution in [2.24, 2.45) is 5.92 Å². The van der Waals surface area contributed by atoms with Gasteiger partial charge in [0.1, 0.15) is 5.78 Å². The molecular weight excluding hydrogens is 200 g/mol. The van der Waals surface area contributed by atoms with Crippen LogP contribution in [-0.4, -0.2) is 23.9 Å². The summed E-state index contributed by atoms with van der Waals surface area (Å²) in [6.45, 7) is 1.72. The largest absolute Gasteiger partial charge is 0.315 e. The molecule has 0 saturated carbocycles. The molecule has 0 radical (unpaired) electrons. The van der Waals surface area contributed by atoms with E-state index in [2.05, 4.69) is 16.4 Å². The second kappa shape index (κ2) is 3.98. The van der Waals surface area contributed by atoms with Crippen molar-refractivity contribution in [3.8, 4) is 0 Å². The maximum absolute atomic E-state index is 12.3. The minimum Gasteiger partial charge on any atom is -0.315 e. The second-order valence-electron chi connectivity index (χ2n) is 4.75. The molecule has 2 heterocycles. The Labute approximate surface area is 95.3 Å². The van der Waals surface area contributed by atoms with Crippen molar-refractivity contribution < 1.29 is 4.79 Å². The molecule has 1 aromatic heterocycles. The van der Waals surface area contributed by atoms with E-state index in [0.717, 1.165) is 38.0 Å². The van der Waals surface area contributed by atoms with E-state index < -0.39 is 0 Å². The van der Waals surface area contributed by atoms with Gasteiger partial charge in [-0.1, -0.05) is 6.07 Å². The molecule has 0 amide bonds. The van der Waals surface area contributed by atoms with Crippen LogP contribution in [-0.2, 0) is 11.2 Å². The van der Waals surface area contributed by atoms with Gasteiger partial charge in [0.15, 0.2) is 0 Å². The molecule has 0 aromatic carbocycles. The molecule has 1 aliphatic heterocycles. The minimum atomic E-state index is 0.0667. The van der Waals surface area contributed by atoms with Crippen molar-refractivity contribution in [1.29, 1.82) is 0 Å². The van der Waals surface area contributed by atoms with Gasteiger partial charge in [0.05, 0.1) is 11.6 Å². The lowest BCUT2D eigenvalue weighted by molar-refractivity contribution is -0.126. The van der Waals surface area contributed by atoms with E-state index in [1.54, 1.807) is 0 Å². The average Bonchev–Trinajstić information content (AvgIpc) is 2.26. The molecule has 1 unspecified atom stereocenters. The molecule has 3 heteroatoms. The lowest BCUT2D eigenvalue weighted by atomic mass is 9.78. The maximum Gasteiger partial charge on any atom is 0.147 e. The van der Waals surface area contributed by atoms with Crippen LogP contribution in [0.1, 0.15) is 30.0 Å². The standard InChI is InChI=1S/C13H16N2O/c16-13(10-7-14-8-10)11-5-1-3-9-4-2-6-15-12(9)11/h2,4,6,10-11,14H,1,3,5,7-8H2. The molecular formula is C13H16N2O. The average molecular weight is 216 g/mol. The third kappa shape index (κ3) is 1.55. The number of nitrogens with zero attached hydrogens (tertiary/aromatic N) is 1. The summed E-state index contributed by atoms with van der Waals surface area (Å²) in [5, 5.41) is 3.16. The minimum absolute atomic E-state index is 0.0667. The summed E-state index contributed by atoms with van der Waals surface area (Å²) in [5.74, 6) is 0.702. The van der Waals surface area contributed by atoms with Crippen molar-refractivity contribution in [3.05, 3.63) is 29.6 Å². The van der Waals surface area contributed by atoms with E-state index in [0.29, 0.717) is 5.78 Å². The van der Waals surface area contributed by atoms with Gasteiger partial charge in [-0.25, -0.2) is 0 Å². The molecule has 1 saturated heterocycles. The van der Waals surface area contributed by atoms with Crippen LogP contribution in [0, 0.1) is 5.92 Å². The van der Waals surface area contributed by atoms with E-state index in [-0.39, 0.29) is 11.8 Å². The molecule has 2 aliphatic rings. The first-order valence-electron chi connectivity index (χ1n) is 6.04. The lowest BCUT2D eigenvalue weighted by Crippen LogP contribution is -2.48. The second-order valence-corrected chi connectivity index (χ2v) is 4.75. The van der Waals surface area contributed by atoms with Crippen LogP contribution < -0.4 is 5.32 Å². The lowest BCUT2D eigenvalue weighted by Gasteiger charge is -2.31. The molecule has 16 heavy (non-hydrogen) atoms. The summed E-state index contributed by atoms with van der Waals surface area (Å²) in [6.07, 6.45) is 4.99. The third-order valence-electron chi connectivity index (χ3n) is 3.72. The predicted octanol–water partition coefficient (Wildman–Crippen LogP) is 1.29. The van der Waals surface area contributed by atoms with Crippen LogP contribution in [0.5, 0.6) is 0 Å². The Morgan fingerprint density at radius 3 is 3.06 bits per heavy atom. The number of rotatable bonds is 2. The highest BCUT2D eigenvalue weighted by atomic mass is 16.1. The summed E-state index contributed by atoms with van der Waals surface area (Å²) in [7, 11) is 0. The van der Waals surface area contributed by atoms with Gasteiger partial charge in [-0.2, -0.15) is 0 Å².